The molecule has 4 rings (SSSR count). The summed E-state index contributed by atoms with van der Waals surface area (Å²) in [5, 5.41) is 6.87. The molecule has 0 saturated carbocycles. The molecule has 0 aliphatic rings. The van der Waals surface area contributed by atoms with Crippen LogP contribution in [-0.4, -0.2) is 17.1 Å². The summed E-state index contributed by atoms with van der Waals surface area (Å²) in [6.07, 6.45) is 3.82. The first kappa shape index (κ1) is 19.0. The van der Waals surface area contributed by atoms with Crippen molar-refractivity contribution < 1.29 is 4.79 Å². The Morgan fingerprint density at radius 1 is 1.10 bits per heavy atom. The zero-order chi connectivity index (χ0) is 20.1. The maximum absolute atomic E-state index is 12.9. The van der Waals surface area contributed by atoms with Crippen molar-refractivity contribution in [1.82, 2.24) is 10.4 Å². The van der Waals surface area contributed by atoms with Crippen molar-refractivity contribution in [2.75, 3.05) is 0 Å². The smallest absolute Gasteiger partial charge is 0.267 e. The van der Waals surface area contributed by atoms with Crippen LogP contribution in [0.1, 0.15) is 34.1 Å². The number of nitrogens with zero attached hydrogens (tertiary/aromatic N) is 2. The Morgan fingerprint density at radius 3 is 2.69 bits per heavy atom. The van der Waals surface area contributed by atoms with Crippen molar-refractivity contribution in [2.24, 2.45) is 5.10 Å². The summed E-state index contributed by atoms with van der Waals surface area (Å²) in [6, 6.07) is 21.8. The highest BCUT2D eigenvalue weighted by atomic mass is 32.1. The molecule has 0 radical (unpaired) electrons. The number of nitrogens with one attached hydrogen (secondary N) is 1. The maximum atomic E-state index is 12.9. The summed E-state index contributed by atoms with van der Waals surface area (Å²) in [5.41, 5.74) is 7.06. The van der Waals surface area contributed by atoms with E-state index in [-0.39, 0.29) is 5.91 Å². The maximum Gasteiger partial charge on any atom is 0.272 e. The van der Waals surface area contributed by atoms with Crippen LogP contribution in [0.2, 0.25) is 0 Å². The molecule has 2 aromatic carbocycles. The SMILES string of the molecule is CCCc1ccc(-c2cc(C(=O)NN=Cc3cccs3)c3ccccc3n2)cc1. The topological polar surface area (TPSA) is 54.4 Å². The lowest BCUT2D eigenvalue weighted by molar-refractivity contribution is 0.0957. The monoisotopic (exact) mass is 399 g/mol. The number of carbonyl (C=O) groups excluding carboxylic acids is 1. The third-order valence-electron chi connectivity index (χ3n) is 4.65. The van der Waals surface area contributed by atoms with E-state index in [0.717, 1.165) is 39.9 Å². The number of thiophene rings is 1. The van der Waals surface area contributed by atoms with Crippen molar-refractivity contribution in [3.05, 3.63) is 88.1 Å². The molecule has 0 atom stereocenters. The molecule has 0 saturated heterocycles. The number of pyridine rings is 1. The van der Waals surface area contributed by atoms with Crippen LogP contribution in [0.25, 0.3) is 22.2 Å². The summed E-state index contributed by atoms with van der Waals surface area (Å²) in [5.74, 6) is -0.250. The molecule has 0 spiro atoms. The molecule has 0 fully saturated rings. The number of hydrazone groups is 1. The Kier molecular flexibility index (Phi) is 5.77. The van der Waals surface area contributed by atoms with Gasteiger partial charge >= 0.3 is 0 Å². The van der Waals surface area contributed by atoms with Gasteiger partial charge in [-0.2, -0.15) is 5.10 Å². The number of rotatable bonds is 6. The van der Waals surface area contributed by atoms with Gasteiger partial charge in [0.2, 0.25) is 0 Å². The van der Waals surface area contributed by atoms with Gasteiger partial charge in [-0.1, -0.05) is 61.9 Å². The van der Waals surface area contributed by atoms with E-state index in [2.05, 4.69) is 41.7 Å². The van der Waals surface area contributed by atoms with Gasteiger partial charge in [-0.15, -0.1) is 11.3 Å². The number of para-hydroxylation sites is 1. The third-order valence-corrected chi connectivity index (χ3v) is 5.46. The lowest BCUT2D eigenvalue weighted by atomic mass is 10.0. The molecule has 0 aliphatic carbocycles. The molecule has 0 bridgehead atoms. The second-order valence-corrected chi connectivity index (χ2v) is 7.71. The van der Waals surface area contributed by atoms with Crippen LogP contribution >= 0.6 is 11.3 Å². The minimum absolute atomic E-state index is 0.250. The Bertz CT molecular complexity index is 1150. The average Bonchev–Trinajstić information content (AvgIpc) is 3.27. The number of aromatic nitrogens is 1. The summed E-state index contributed by atoms with van der Waals surface area (Å²) in [7, 11) is 0. The van der Waals surface area contributed by atoms with Crippen LogP contribution in [0.3, 0.4) is 0 Å². The summed E-state index contributed by atoms with van der Waals surface area (Å²) < 4.78 is 0. The van der Waals surface area contributed by atoms with Gasteiger partial charge in [-0.25, -0.2) is 10.4 Å². The lowest BCUT2D eigenvalue weighted by Crippen LogP contribution is -2.18. The second kappa shape index (κ2) is 8.80. The van der Waals surface area contributed by atoms with E-state index in [0.29, 0.717) is 5.56 Å². The highest BCUT2D eigenvalue weighted by Gasteiger charge is 2.13. The minimum Gasteiger partial charge on any atom is -0.267 e. The highest BCUT2D eigenvalue weighted by Crippen LogP contribution is 2.25. The van der Waals surface area contributed by atoms with E-state index in [1.807, 2.05) is 47.8 Å². The van der Waals surface area contributed by atoms with Gasteiger partial charge in [-0.3, -0.25) is 4.79 Å². The standard InChI is InChI=1S/C24H21N3OS/c1-2-6-17-10-12-18(13-11-17)23-15-21(20-8-3-4-9-22(20)26-23)24(28)27-25-16-19-7-5-14-29-19/h3-5,7-16H,2,6H2,1H3,(H,27,28). The van der Waals surface area contributed by atoms with Crippen molar-refractivity contribution >= 4 is 34.4 Å². The minimum atomic E-state index is -0.250. The first-order valence-electron chi connectivity index (χ1n) is 9.60. The van der Waals surface area contributed by atoms with E-state index in [4.69, 9.17) is 4.98 Å². The first-order chi connectivity index (χ1) is 14.2. The molecule has 2 aromatic heterocycles. The Labute approximate surface area is 173 Å². The summed E-state index contributed by atoms with van der Waals surface area (Å²) >= 11 is 1.57. The van der Waals surface area contributed by atoms with Gasteiger partial charge in [0.15, 0.2) is 0 Å². The van der Waals surface area contributed by atoms with Gasteiger partial charge in [0.05, 0.1) is 23.0 Å². The molecule has 4 nitrogen and oxygen atoms in total. The number of fused-ring (bicyclic) bond motifs is 1. The molecule has 1 N–H and O–H groups in total. The van der Waals surface area contributed by atoms with E-state index in [1.165, 1.54) is 5.56 Å². The van der Waals surface area contributed by atoms with Crippen LogP contribution in [0.4, 0.5) is 0 Å². The molecule has 1 amide bonds. The fourth-order valence-corrected chi connectivity index (χ4v) is 3.81. The van der Waals surface area contributed by atoms with E-state index >= 15 is 0 Å². The van der Waals surface area contributed by atoms with Crippen LogP contribution in [-0.2, 0) is 6.42 Å². The van der Waals surface area contributed by atoms with E-state index < -0.39 is 0 Å². The number of hydrogen-bond donors (Lipinski definition) is 1. The zero-order valence-electron chi connectivity index (χ0n) is 16.1. The Morgan fingerprint density at radius 2 is 1.93 bits per heavy atom. The van der Waals surface area contributed by atoms with Gasteiger partial charge in [0.25, 0.3) is 5.91 Å². The van der Waals surface area contributed by atoms with Crippen LogP contribution in [0, 0.1) is 0 Å². The quantitative estimate of drug-likeness (QED) is 0.335. The van der Waals surface area contributed by atoms with Crippen LogP contribution in [0.15, 0.2) is 77.2 Å². The molecule has 2 heterocycles. The number of amides is 1. The summed E-state index contributed by atoms with van der Waals surface area (Å²) in [4.78, 5) is 18.6. The van der Waals surface area contributed by atoms with E-state index in [1.54, 1.807) is 17.6 Å². The van der Waals surface area contributed by atoms with Crippen molar-refractivity contribution in [2.45, 2.75) is 19.8 Å². The average molecular weight is 400 g/mol. The normalized spacial score (nSPS) is 11.2. The number of benzene rings is 2. The van der Waals surface area contributed by atoms with Gasteiger partial charge in [-0.05, 0) is 35.6 Å². The third kappa shape index (κ3) is 4.41. The van der Waals surface area contributed by atoms with Gasteiger partial charge in [0.1, 0.15) is 0 Å². The first-order valence-corrected chi connectivity index (χ1v) is 10.5. The second-order valence-electron chi connectivity index (χ2n) is 6.73. The molecule has 4 aromatic rings. The molecule has 0 aliphatic heterocycles. The predicted octanol–water partition coefficient (Wildman–Crippen LogP) is 5.68. The van der Waals surface area contributed by atoms with Crippen molar-refractivity contribution in [3.8, 4) is 11.3 Å². The zero-order valence-corrected chi connectivity index (χ0v) is 16.9. The fraction of sp³-hybridized carbons (Fsp3) is 0.125. The van der Waals surface area contributed by atoms with Gasteiger partial charge in [0, 0.05) is 15.8 Å². The molecule has 0 unspecified atom stereocenters. The number of carbonyl (C=O) groups is 1. The van der Waals surface area contributed by atoms with Crippen molar-refractivity contribution in [1.29, 1.82) is 0 Å². The number of hydrogen-bond acceptors (Lipinski definition) is 4. The highest BCUT2D eigenvalue weighted by molar-refractivity contribution is 7.11. The Balaban J connectivity index is 1.67. The molecular weight excluding hydrogens is 378 g/mol. The Hall–Kier alpha value is -3.31. The molecule has 5 heteroatoms. The lowest BCUT2D eigenvalue weighted by Gasteiger charge is -2.09. The van der Waals surface area contributed by atoms with Crippen molar-refractivity contribution in [3.63, 3.8) is 0 Å². The number of aryl methyl sites for hydroxylation is 1. The van der Waals surface area contributed by atoms with E-state index in [9.17, 15) is 4.79 Å². The van der Waals surface area contributed by atoms with Crippen LogP contribution in [0.5, 0.6) is 0 Å². The molecule has 29 heavy (non-hydrogen) atoms. The predicted molar refractivity (Wildman–Crippen MR) is 121 cm³/mol. The fourth-order valence-electron chi connectivity index (χ4n) is 3.22. The molecular formula is C24H21N3OS. The van der Waals surface area contributed by atoms with Gasteiger partial charge < -0.3 is 0 Å². The largest absolute Gasteiger partial charge is 0.272 e. The summed E-state index contributed by atoms with van der Waals surface area (Å²) in [6.45, 7) is 2.17. The molecule has 144 valence electrons. The van der Waals surface area contributed by atoms with Crippen LogP contribution < -0.4 is 5.43 Å².